The Bertz CT molecular complexity index is 1020. The minimum absolute atomic E-state index is 0.215. The highest BCUT2D eigenvalue weighted by Crippen LogP contribution is 2.08. The van der Waals surface area contributed by atoms with Crippen LogP contribution in [0.3, 0.4) is 0 Å². The van der Waals surface area contributed by atoms with Crippen molar-refractivity contribution in [1.82, 2.24) is 19.4 Å². The van der Waals surface area contributed by atoms with E-state index in [0.717, 1.165) is 11.1 Å². The van der Waals surface area contributed by atoms with Crippen LogP contribution in [0.15, 0.2) is 52.2 Å². The smallest absolute Gasteiger partial charge is 0.332 e. The van der Waals surface area contributed by atoms with Gasteiger partial charge in [-0.05, 0) is 24.1 Å². The molecule has 0 aliphatic rings. The molecule has 3 aromatic rings. The molecule has 2 N–H and O–H groups in total. The summed E-state index contributed by atoms with van der Waals surface area (Å²) in [5.74, 6) is 0. The van der Waals surface area contributed by atoms with Crippen LogP contribution in [-0.4, -0.2) is 31.9 Å². The first-order chi connectivity index (χ1) is 12.5. The number of fused-ring (bicyclic) bond motifs is 1. The van der Waals surface area contributed by atoms with Crippen LogP contribution in [0.25, 0.3) is 11.0 Å². The van der Waals surface area contributed by atoms with Gasteiger partial charge in [0, 0.05) is 26.3 Å². The average molecular weight is 354 g/mol. The first-order valence-corrected chi connectivity index (χ1v) is 8.48. The molecule has 7 nitrogen and oxygen atoms in total. The van der Waals surface area contributed by atoms with Gasteiger partial charge in [0.05, 0.1) is 18.0 Å². The number of nitrogens with one attached hydrogen (secondary N) is 1. The van der Waals surface area contributed by atoms with Crippen LogP contribution in [0.4, 0.5) is 0 Å². The number of hydrogen-bond donors (Lipinski definition) is 2. The number of aryl methyl sites for hydroxylation is 1. The lowest BCUT2D eigenvalue weighted by Gasteiger charge is -2.12. The summed E-state index contributed by atoms with van der Waals surface area (Å²) in [6.07, 6.45) is 1.19. The summed E-state index contributed by atoms with van der Waals surface area (Å²) in [6.45, 7) is 2.84. The zero-order valence-corrected chi connectivity index (χ0v) is 14.8. The molecule has 0 unspecified atom stereocenters. The number of aromatic nitrogens is 3. The third-order valence-electron chi connectivity index (χ3n) is 4.19. The molecule has 1 aromatic carbocycles. The predicted molar refractivity (Wildman–Crippen MR) is 100 cm³/mol. The van der Waals surface area contributed by atoms with Crippen LogP contribution >= 0.6 is 0 Å². The second-order valence-corrected chi connectivity index (χ2v) is 6.41. The van der Waals surface area contributed by atoms with Gasteiger partial charge >= 0.3 is 5.69 Å². The lowest BCUT2D eigenvalue weighted by atomic mass is 10.2. The largest absolute Gasteiger partial charge is 0.392 e. The van der Waals surface area contributed by atoms with Crippen molar-refractivity contribution in [1.29, 1.82) is 0 Å². The lowest BCUT2D eigenvalue weighted by Crippen LogP contribution is -2.39. The summed E-state index contributed by atoms with van der Waals surface area (Å²) in [5, 5.41) is 12.8. The molecule has 0 fully saturated rings. The maximum absolute atomic E-state index is 12.9. The molecule has 0 bridgehead atoms. The van der Waals surface area contributed by atoms with Gasteiger partial charge in [0.15, 0.2) is 0 Å². The Labute approximate surface area is 150 Å². The number of nitrogens with zero attached hydrogens (tertiary/aromatic N) is 3. The molecule has 0 amide bonds. The van der Waals surface area contributed by atoms with Gasteiger partial charge in [0.2, 0.25) is 0 Å². The van der Waals surface area contributed by atoms with E-state index in [9.17, 15) is 14.7 Å². The number of aliphatic hydroxyl groups excluding tert-OH is 1. The van der Waals surface area contributed by atoms with E-state index in [-0.39, 0.29) is 17.8 Å². The van der Waals surface area contributed by atoms with E-state index in [1.165, 1.54) is 9.13 Å². The maximum Gasteiger partial charge on any atom is 0.332 e. The van der Waals surface area contributed by atoms with Crippen molar-refractivity contribution in [3.8, 4) is 0 Å². The number of pyridine rings is 1. The van der Waals surface area contributed by atoms with Crippen molar-refractivity contribution in [2.75, 3.05) is 6.54 Å². The van der Waals surface area contributed by atoms with Crippen molar-refractivity contribution < 1.29 is 5.11 Å². The Balaban J connectivity index is 2.03. The SMILES string of the molecule is C[C@@H](O)CNCc1cnc2c(c1)c(=O)n(Cc1ccccc1)c(=O)n2C. The highest BCUT2D eigenvalue weighted by Gasteiger charge is 2.13. The number of hydrogen-bond acceptors (Lipinski definition) is 5. The topological polar surface area (TPSA) is 89.2 Å². The number of rotatable bonds is 6. The molecule has 3 rings (SSSR count). The molecule has 0 spiro atoms. The molecule has 1 atom stereocenters. The van der Waals surface area contributed by atoms with Crippen LogP contribution in [0.5, 0.6) is 0 Å². The van der Waals surface area contributed by atoms with Crippen LogP contribution in [0, 0.1) is 0 Å². The zero-order chi connectivity index (χ0) is 18.7. The zero-order valence-electron chi connectivity index (χ0n) is 14.8. The van der Waals surface area contributed by atoms with Gasteiger partial charge < -0.3 is 10.4 Å². The first-order valence-electron chi connectivity index (χ1n) is 8.48. The van der Waals surface area contributed by atoms with Crippen molar-refractivity contribution in [2.24, 2.45) is 7.05 Å². The Morgan fingerprint density at radius 3 is 2.62 bits per heavy atom. The van der Waals surface area contributed by atoms with Crippen molar-refractivity contribution in [3.05, 3.63) is 74.6 Å². The summed E-state index contributed by atoms with van der Waals surface area (Å²) in [7, 11) is 1.62. The van der Waals surface area contributed by atoms with E-state index >= 15 is 0 Å². The normalized spacial score (nSPS) is 12.4. The fraction of sp³-hybridized carbons (Fsp3) is 0.316. The molecule has 0 aliphatic heterocycles. The maximum atomic E-state index is 12.9. The molecular weight excluding hydrogens is 332 g/mol. The highest BCUT2D eigenvalue weighted by molar-refractivity contribution is 5.74. The Hall–Kier alpha value is -2.77. The van der Waals surface area contributed by atoms with E-state index in [2.05, 4.69) is 10.3 Å². The average Bonchev–Trinajstić information content (AvgIpc) is 2.64. The predicted octanol–water partition coefficient (Wildman–Crippen LogP) is 0.614. The molecule has 0 radical (unpaired) electrons. The molecular formula is C19H22N4O3. The fourth-order valence-electron chi connectivity index (χ4n) is 2.86. The second-order valence-electron chi connectivity index (χ2n) is 6.41. The van der Waals surface area contributed by atoms with Gasteiger partial charge in [0.25, 0.3) is 5.56 Å². The number of aliphatic hydroxyl groups is 1. The van der Waals surface area contributed by atoms with Gasteiger partial charge in [-0.3, -0.25) is 13.9 Å². The van der Waals surface area contributed by atoms with Gasteiger partial charge in [-0.25, -0.2) is 9.78 Å². The Kier molecular flexibility index (Phi) is 5.29. The second kappa shape index (κ2) is 7.63. The van der Waals surface area contributed by atoms with Crippen molar-refractivity contribution in [3.63, 3.8) is 0 Å². The highest BCUT2D eigenvalue weighted by atomic mass is 16.3. The molecule has 2 heterocycles. The number of benzene rings is 1. The summed E-state index contributed by atoms with van der Waals surface area (Å²) in [6, 6.07) is 11.1. The molecule has 7 heteroatoms. The summed E-state index contributed by atoms with van der Waals surface area (Å²) in [4.78, 5) is 29.8. The lowest BCUT2D eigenvalue weighted by molar-refractivity contribution is 0.191. The summed E-state index contributed by atoms with van der Waals surface area (Å²) in [5.41, 5.74) is 1.33. The van der Waals surface area contributed by atoms with E-state index in [4.69, 9.17) is 0 Å². The van der Waals surface area contributed by atoms with Crippen LogP contribution < -0.4 is 16.6 Å². The van der Waals surface area contributed by atoms with Gasteiger partial charge in [-0.2, -0.15) is 0 Å². The minimum Gasteiger partial charge on any atom is -0.392 e. The molecule has 26 heavy (non-hydrogen) atoms. The van der Waals surface area contributed by atoms with E-state index in [0.29, 0.717) is 24.1 Å². The third kappa shape index (κ3) is 3.74. The fourth-order valence-corrected chi connectivity index (χ4v) is 2.86. The van der Waals surface area contributed by atoms with E-state index in [1.54, 1.807) is 26.2 Å². The summed E-state index contributed by atoms with van der Waals surface area (Å²) >= 11 is 0. The van der Waals surface area contributed by atoms with Gasteiger partial charge in [0.1, 0.15) is 5.65 Å². The quantitative estimate of drug-likeness (QED) is 0.677. The Morgan fingerprint density at radius 2 is 1.92 bits per heavy atom. The first kappa shape index (κ1) is 18.0. The molecule has 0 saturated carbocycles. The molecule has 136 valence electrons. The standard InChI is InChI=1S/C19H22N4O3/c1-13(24)9-20-10-15-8-16-17(21-11-15)22(2)19(26)23(18(16)25)12-14-6-4-3-5-7-14/h3-8,11,13,20,24H,9-10,12H2,1-2H3/t13-/m1/s1. The monoisotopic (exact) mass is 354 g/mol. The van der Waals surface area contributed by atoms with Crippen LogP contribution in [-0.2, 0) is 20.1 Å². The molecule has 0 aliphatic carbocycles. The van der Waals surface area contributed by atoms with Crippen LogP contribution in [0.2, 0.25) is 0 Å². The minimum atomic E-state index is -0.452. The van der Waals surface area contributed by atoms with Gasteiger partial charge in [-0.15, -0.1) is 0 Å². The molecule has 0 saturated heterocycles. The van der Waals surface area contributed by atoms with Gasteiger partial charge in [-0.1, -0.05) is 30.3 Å². The Morgan fingerprint density at radius 1 is 1.19 bits per heavy atom. The van der Waals surface area contributed by atoms with E-state index < -0.39 is 6.10 Å². The van der Waals surface area contributed by atoms with Crippen LogP contribution in [0.1, 0.15) is 18.1 Å². The van der Waals surface area contributed by atoms with E-state index in [1.807, 2.05) is 30.3 Å². The van der Waals surface area contributed by atoms with Crippen molar-refractivity contribution >= 4 is 11.0 Å². The third-order valence-corrected chi connectivity index (χ3v) is 4.19. The summed E-state index contributed by atoms with van der Waals surface area (Å²) < 4.78 is 2.62. The van der Waals surface area contributed by atoms with Crippen molar-refractivity contribution in [2.45, 2.75) is 26.1 Å². The molecule has 2 aromatic heterocycles.